The summed E-state index contributed by atoms with van der Waals surface area (Å²) < 4.78 is 3.71. The zero-order valence-corrected chi connectivity index (χ0v) is 20.4. The maximum Gasteiger partial charge on any atom is 0.280 e. The highest BCUT2D eigenvalue weighted by Crippen LogP contribution is 2.27. The summed E-state index contributed by atoms with van der Waals surface area (Å²) in [5, 5.41) is 20.6. The van der Waals surface area contributed by atoms with Crippen molar-refractivity contribution >= 4 is 17.7 Å². The molecule has 2 aromatic carbocycles. The Bertz CT molecular complexity index is 1510. The first kappa shape index (κ1) is 24.2. The molecule has 180 valence electrons. The van der Waals surface area contributed by atoms with Crippen molar-refractivity contribution in [2.45, 2.75) is 27.7 Å². The molecule has 4 aromatic rings. The van der Waals surface area contributed by atoms with Crippen LogP contribution in [0.4, 0.5) is 5.69 Å². The zero-order valence-electron chi connectivity index (χ0n) is 20.4. The molecule has 0 fully saturated rings. The molecule has 0 bridgehead atoms. The zero-order chi connectivity index (χ0) is 26.0. The van der Waals surface area contributed by atoms with E-state index in [4.69, 9.17) is 0 Å². The number of benzene rings is 2. The lowest BCUT2D eigenvalue weighted by atomic mass is 10.0. The van der Waals surface area contributed by atoms with E-state index in [2.05, 4.69) is 9.99 Å². The monoisotopic (exact) mass is 479 g/mol. The highest BCUT2D eigenvalue weighted by molar-refractivity contribution is 6.06. The third kappa shape index (κ3) is 4.68. The van der Waals surface area contributed by atoms with E-state index >= 15 is 0 Å². The molecule has 8 heteroatoms. The van der Waals surface area contributed by atoms with Gasteiger partial charge in [-0.2, -0.15) is 5.26 Å². The van der Waals surface area contributed by atoms with Crippen LogP contribution in [0.25, 0.3) is 22.9 Å². The van der Waals surface area contributed by atoms with E-state index in [1.807, 2.05) is 76.2 Å². The van der Waals surface area contributed by atoms with Gasteiger partial charge in [0.1, 0.15) is 11.6 Å². The summed E-state index contributed by atoms with van der Waals surface area (Å²) in [6, 6.07) is 22.0. The number of non-ortho nitro benzene ring substituents is 1. The summed E-state index contributed by atoms with van der Waals surface area (Å²) in [6.07, 6.45) is 1.60. The number of nitro benzene ring substituents is 1. The van der Waals surface area contributed by atoms with E-state index < -0.39 is 10.8 Å². The van der Waals surface area contributed by atoms with Crippen molar-refractivity contribution in [3.63, 3.8) is 0 Å². The number of amides is 1. The molecule has 2 aromatic heterocycles. The van der Waals surface area contributed by atoms with Crippen molar-refractivity contribution < 1.29 is 9.72 Å². The first-order valence-corrected chi connectivity index (χ1v) is 11.3. The molecule has 0 aliphatic carbocycles. The predicted octanol–water partition coefficient (Wildman–Crippen LogP) is 5.76. The number of nitriles is 1. The number of nitrogens with one attached hydrogen (secondary N) is 1. The van der Waals surface area contributed by atoms with Crippen molar-refractivity contribution in [2.75, 3.05) is 5.43 Å². The highest BCUT2D eigenvalue weighted by atomic mass is 16.6. The highest BCUT2D eigenvalue weighted by Gasteiger charge is 2.15. The molecule has 0 atom stereocenters. The van der Waals surface area contributed by atoms with Crippen LogP contribution in [-0.2, 0) is 4.79 Å². The second kappa shape index (κ2) is 9.76. The second-order valence-corrected chi connectivity index (χ2v) is 8.57. The number of nitro groups is 1. The van der Waals surface area contributed by atoms with Crippen molar-refractivity contribution in [3.05, 3.63) is 111 Å². The molecule has 0 saturated carbocycles. The lowest BCUT2D eigenvalue weighted by Crippen LogP contribution is -2.25. The van der Waals surface area contributed by atoms with Crippen molar-refractivity contribution in [1.82, 2.24) is 9.24 Å². The lowest BCUT2D eigenvalue weighted by Gasteiger charge is -2.11. The minimum atomic E-state index is -0.475. The molecule has 4 rings (SSSR count). The van der Waals surface area contributed by atoms with Crippen LogP contribution >= 0.6 is 0 Å². The average molecular weight is 480 g/mol. The van der Waals surface area contributed by atoms with Crippen LogP contribution in [0.2, 0.25) is 0 Å². The Morgan fingerprint density at radius 3 is 2.00 bits per heavy atom. The fourth-order valence-corrected chi connectivity index (χ4v) is 4.22. The molecule has 1 amide bonds. The molecular weight excluding hydrogens is 454 g/mol. The minimum absolute atomic E-state index is 0.0104. The Morgan fingerprint density at radius 2 is 1.47 bits per heavy atom. The molecule has 0 aliphatic rings. The minimum Gasteiger partial charge on any atom is -0.318 e. The second-order valence-electron chi connectivity index (χ2n) is 8.57. The van der Waals surface area contributed by atoms with Gasteiger partial charge >= 0.3 is 0 Å². The Hall–Kier alpha value is -4.90. The van der Waals surface area contributed by atoms with Gasteiger partial charge in [0.15, 0.2) is 0 Å². The summed E-state index contributed by atoms with van der Waals surface area (Å²) in [7, 11) is 0. The predicted molar refractivity (Wildman–Crippen MR) is 139 cm³/mol. The Morgan fingerprint density at radius 1 is 0.917 bits per heavy atom. The van der Waals surface area contributed by atoms with Gasteiger partial charge in [-0.1, -0.05) is 12.1 Å². The van der Waals surface area contributed by atoms with Crippen LogP contribution < -0.4 is 5.43 Å². The number of rotatable bonds is 6. The topological polar surface area (TPSA) is 106 Å². The number of aryl methyl sites for hydroxylation is 3. The summed E-state index contributed by atoms with van der Waals surface area (Å²) in [4.78, 5) is 23.3. The smallest absolute Gasteiger partial charge is 0.280 e. The fourth-order valence-electron chi connectivity index (χ4n) is 4.22. The molecular formula is C28H25N5O3. The van der Waals surface area contributed by atoms with Crippen LogP contribution in [-0.4, -0.2) is 20.1 Å². The van der Waals surface area contributed by atoms with Gasteiger partial charge in [0.05, 0.1) is 4.92 Å². The number of aromatic nitrogens is 2. The van der Waals surface area contributed by atoms with Gasteiger partial charge in [-0.15, -0.1) is 0 Å². The van der Waals surface area contributed by atoms with E-state index in [1.54, 1.807) is 22.9 Å². The van der Waals surface area contributed by atoms with Crippen molar-refractivity contribution in [1.29, 1.82) is 5.26 Å². The average Bonchev–Trinajstić information content (AvgIpc) is 3.34. The molecule has 2 heterocycles. The van der Waals surface area contributed by atoms with Gasteiger partial charge in [0.25, 0.3) is 11.6 Å². The quantitative estimate of drug-likeness (QED) is 0.164. The molecule has 1 N–H and O–H groups in total. The number of carbonyl (C=O) groups is 1. The molecule has 0 spiro atoms. The third-order valence-corrected chi connectivity index (χ3v) is 6.16. The van der Waals surface area contributed by atoms with Gasteiger partial charge in [0.2, 0.25) is 0 Å². The van der Waals surface area contributed by atoms with Gasteiger partial charge in [-0.3, -0.25) is 25.0 Å². The van der Waals surface area contributed by atoms with E-state index in [1.165, 1.54) is 12.1 Å². The Balaban J connectivity index is 1.61. The molecule has 8 nitrogen and oxygen atoms in total. The van der Waals surface area contributed by atoms with Crippen molar-refractivity contribution in [2.24, 2.45) is 0 Å². The maximum absolute atomic E-state index is 12.8. The van der Waals surface area contributed by atoms with E-state index in [0.29, 0.717) is 0 Å². The SMILES string of the molecule is Cc1ccc(C)n1NC(=O)/C(C#N)=C\c1cc(C)n(-c2ccc(-c3ccc([N+](=O)[O-])cc3)cc2)c1C. The van der Waals surface area contributed by atoms with Crippen molar-refractivity contribution in [3.8, 4) is 22.9 Å². The Labute approximate surface area is 208 Å². The number of hydrogen-bond acceptors (Lipinski definition) is 4. The summed E-state index contributed by atoms with van der Waals surface area (Å²) >= 11 is 0. The summed E-state index contributed by atoms with van der Waals surface area (Å²) in [5.41, 5.74) is 9.96. The van der Waals surface area contributed by atoms with Crippen LogP contribution in [0.5, 0.6) is 0 Å². The number of carbonyl (C=O) groups excluding carboxylic acids is 1. The molecule has 0 unspecified atom stereocenters. The summed E-state index contributed by atoms with van der Waals surface area (Å²) in [6.45, 7) is 7.66. The molecule has 0 radical (unpaired) electrons. The number of nitrogens with zero attached hydrogens (tertiary/aromatic N) is 4. The van der Waals surface area contributed by atoms with Gasteiger partial charge in [-0.05, 0) is 92.9 Å². The van der Waals surface area contributed by atoms with E-state index in [0.717, 1.165) is 45.2 Å². The van der Waals surface area contributed by atoms with Crippen LogP contribution in [0.1, 0.15) is 28.3 Å². The van der Waals surface area contributed by atoms with Crippen LogP contribution in [0.15, 0.2) is 72.3 Å². The van der Waals surface area contributed by atoms with Gasteiger partial charge in [-0.25, -0.2) is 0 Å². The van der Waals surface area contributed by atoms with Crippen LogP contribution in [0, 0.1) is 49.1 Å². The lowest BCUT2D eigenvalue weighted by molar-refractivity contribution is -0.384. The number of hydrogen-bond donors (Lipinski definition) is 1. The van der Waals surface area contributed by atoms with E-state index in [9.17, 15) is 20.2 Å². The van der Waals surface area contributed by atoms with Crippen LogP contribution in [0.3, 0.4) is 0 Å². The summed E-state index contributed by atoms with van der Waals surface area (Å²) in [5.74, 6) is -0.475. The first-order chi connectivity index (χ1) is 17.2. The Kier molecular flexibility index (Phi) is 6.57. The molecule has 36 heavy (non-hydrogen) atoms. The standard InChI is InChI=1S/C28H25N5O3/c1-18-5-6-19(2)32(18)30-28(34)25(17-29)16-24-15-20(3)31(21(24)4)26-11-7-22(8-12-26)23-9-13-27(14-10-23)33(35)36/h5-16H,1-4H3,(H,30,34)/b25-16-. The molecule has 0 saturated heterocycles. The first-order valence-electron chi connectivity index (χ1n) is 11.3. The normalized spacial score (nSPS) is 11.2. The van der Waals surface area contributed by atoms with Gasteiger partial charge < -0.3 is 4.57 Å². The van der Waals surface area contributed by atoms with Gasteiger partial charge in [0, 0.05) is 40.6 Å². The largest absolute Gasteiger partial charge is 0.318 e. The van der Waals surface area contributed by atoms with E-state index in [-0.39, 0.29) is 11.3 Å². The third-order valence-electron chi connectivity index (χ3n) is 6.16. The maximum atomic E-state index is 12.8. The fraction of sp³-hybridized carbons (Fsp3) is 0.143. The molecule has 0 aliphatic heterocycles.